The summed E-state index contributed by atoms with van der Waals surface area (Å²) in [6.07, 6.45) is 3.97. The largest absolute Gasteiger partial charge is 0.384 e. The molecule has 1 amide bonds. The van der Waals surface area contributed by atoms with Gasteiger partial charge in [0.05, 0.1) is 6.61 Å². The first-order valence-corrected chi connectivity index (χ1v) is 4.94. The Morgan fingerprint density at radius 3 is 2.54 bits per heavy atom. The highest BCUT2D eigenvalue weighted by Gasteiger charge is 2.68. The van der Waals surface area contributed by atoms with Crippen LogP contribution in [0.5, 0.6) is 0 Å². The molecule has 0 unspecified atom stereocenters. The molecule has 13 heavy (non-hydrogen) atoms. The van der Waals surface area contributed by atoms with Crippen LogP contribution in [-0.2, 0) is 9.53 Å². The lowest BCUT2D eigenvalue weighted by Gasteiger charge is -2.70. The van der Waals surface area contributed by atoms with Crippen LogP contribution in [0.15, 0.2) is 0 Å². The molecule has 3 aliphatic carbocycles. The second kappa shape index (κ2) is 2.71. The number of carbonyl (C=O) groups excluding carboxylic acids is 1. The average Bonchev–Trinajstić information content (AvgIpc) is 1.98. The van der Waals surface area contributed by atoms with Crippen LogP contribution in [0, 0.1) is 5.41 Å². The molecule has 3 heteroatoms. The van der Waals surface area contributed by atoms with E-state index >= 15 is 0 Å². The van der Waals surface area contributed by atoms with E-state index in [9.17, 15) is 4.79 Å². The van der Waals surface area contributed by atoms with Gasteiger partial charge in [-0.3, -0.25) is 4.79 Å². The Morgan fingerprint density at radius 2 is 2.08 bits per heavy atom. The standard InChI is InChI=1S/C10H17NO2/c1-3-8(12)11-10-4-9(5-10,6-10)7-13-2/h3-7H2,1-2H3,(H,11,12). The van der Waals surface area contributed by atoms with Crippen molar-refractivity contribution in [1.82, 2.24) is 5.32 Å². The third kappa shape index (κ3) is 1.26. The summed E-state index contributed by atoms with van der Waals surface area (Å²) >= 11 is 0. The number of methoxy groups -OCH3 is 1. The number of nitrogens with one attached hydrogen (secondary N) is 1. The zero-order chi connectivity index (χ0) is 9.53. The summed E-state index contributed by atoms with van der Waals surface area (Å²) in [5.41, 5.74) is 0.599. The summed E-state index contributed by atoms with van der Waals surface area (Å²) in [7, 11) is 1.75. The molecule has 0 atom stereocenters. The SMILES string of the molecule is CCC(=O)NC12CC(COC)(C1)C2. The Labute approximate surface area is 78.8 Å². The summed E-state index contributed by atoms with van der Waals surface area (Å²) in [4.78, 5) is 11.2. The van der Waals surface area contributed by atoms with Gasteiger partial charge in [0.2, 0.25) is 5.91 Å². The van der Waals surface area contributed by atoms with Crippen molar-refractivity contribution in [2.24, 2.45) is 5.41 Å². The van der Waals surface area contributed by atoms with Gasteiger partial charge in [-0.05, 0) is 19.3 Å². The Morgan fingerprint density at radius 1 is 1.46 bits per heavy atom. The highest BCUT2D eigenvalue weighted by atomic mass is 16.5. The minimum Gasteiger partial charge on any atom is -0.384 e. The van der Waals surface area contributed by atoms with Gasteiger partial charge in [0.15, 0.2) is 0 Å². The monoisotopic (exact) mass is 183 g/mol. The molecule has 0 aromatic carbocycles. The topological polar surface area (TPSA) is 38.3 Å². The van der Waals surface area contributed by atoms with Crippen molar-refractivity contribution in [2.45, 2.75) is 38.1 Å². The van der Waals surface area contributed by atoms with Crippen LogP contribution >= 0.6 is 0 Å². The Balaban J connectivity index is 1.80. The van der Waals surface area contributed by atoms with E-state index in [2.05, 4.69) is 5.32 Å². The average molecular weight is 183 g/mol. The smallest absolute Gasteiger partial charge is 0.220 e. The van der Waals surface area contributed by atoms with Gasteiger partial charge in [-0.2, -0.15) is 0 Å². The second-order valence-corrected chi connectivity index (χ2v) is 4.65. The predicted molar refractivity (Wildman–Crippen MR) is 49.3 cm³/mol. The molecule has 0 spiro atoms. The van der Waals surface area contributed by atoms with Crippen LogP contribution in [0.4, 0.5) is 0 Å². The first-order valence-electron chi connectivity index (χ1n) is 4.94. The molecule has 3 aliphatic rings. The molecular formula is C10H17NO2. The third-order valence-corrected chi connectivity index (χ3v) is 3.32. The number of ether oxygens (including phenoxy) is 1. The van der Waals surface area contributed by atoms with Crippen LogP contribution < -0.4 is 5.32 Å². The van der Waals surface area contributed by atoms with Gasteiger partial charge in [-0.1, -0.05) is 6.92 Å². The van der Waals surface area contributed by atoms with Gasteiger partial charge >= 0.3 is 0 Å². The molecule has 1 N–H and O–H groups in total. The first kappa shape index (κ1) is 9.00. The van der Waals surface area contributed by atoms with E-state index in [0.29, 0.717) is 11.8 Å². The molecule has 0 radical (unpaired) electrons. The van der Waals surface area contributed by atoms with E-state index in [4.69, 9.17) is 4.74 Å². The second-order valence-electron chi connectivity index (χ2n) is 4.65. The molecule has 74 valence electrons. The van der Waals surface area contributed by atoms with Crippen molar-refractivity contribution in [2.75, 3.05) is 13.7 Å². The minimum atomic E-state index is 0.172. The lowest BCUT2D eigenvalue weighted by molar-refractivity contribution is -0.187. The zero-order valence-corrected chi connectivity index (χ0v) is 8.35. The molecular weight excluding hydrogens is 166 g/mol. The van der Waals surface area contributed by atoms with Crippen LogP contribution in [0.1, 0.15) is 32.6 Å². The highest BCUT2D eigenvalue weighted by Crippen LogP contribution is 2.67. The Kier molecular flexibility index (Phi) is 1.88. The van der Waals surface area contributed by atoms with Gasteiger partial charge in [-0.25, -0.2) is 0 Å². The summed E-state index contributed by atoms with van der Waals surface area (Å²) in [5, 5.41) is 3.10. The van der Waals surface area contributed by atoms with Crippen LogP contribution in [0.3, 0.4) is 0 Å². The molecule has 0 saturated heterocycles. The van der Waals surface area contributed by atoms with Crippen molar-refractivity contribution in [3.05, 3.63) is 0 Å². The van der Waals surface area contributed by atoms with Gasteiger partial charge < -0.3 is 10.1 Å². The molecule has 3 nitrogen and oxygen atoms in total. The zero-order valence-electron chi connectivity index (χ0n) is 8.35. The molecule has 3 fully saturated rings. The fourth-order valence-corrected chi connectivity index (χ4v) is 2.97. The van der Waals surface area contributed by atoms with Crippen molar-refractivity contribution in [3.8, 4) is 0 Å². The molecule has 3 rings (SSSR count). The van der Waals surface area contributed by atoms with Crippen LogP contribution in [-0.4, -0.2) is 25.2 Å². The van der Waals surface area contributed by atoms with E-state index in [1.165, 1.54) is 0 Å². The highest BCUT2D eigenvalue weighted by molar-refractivity contribution is 5.77. The van der Waals surface area contributed by atoms with Gasteiger partial charge in [-0.15, -0.1) is 0 Å². The molecule has 0 aliphatic heterocycles. The number of hydrogen-bond acceptors (Lipinski definition) is 2. The van der Waals surface area contributed by atoms with Crippen molar-refractivity contribution >= 4 is 5.91 Å². The lowest BCUT2D eigenvalue weighted by Crippen LogP contribution is -2.75. The maximum Gasteiger partial charge on any atom is 0.220 e. The molecule has 2 bridgehead atoms. The van der Waals surface area contributed by atoms with E-state index in [1.54, 1.807) is 7.11 Å². The predicted octanol–water partition coefficient (Wildman–Crippen LogP) is 1.08. The fraction of sp³-hybridized carbons (Fsp3) is 0.900. The maximum absolute atomic E-state index is 11.2. The minimum absolute atomic E-state index is 0.172. The van der Waals surface area contributed by atoms with Crippen LogP contribution in [0.25, 0.3) is 0 Å². The van der Waals surface area contributed by atoms with E-state index in [1.807, 2.05) is 6.92 Å². The summed E-state index contributed by atoms with van der Waals surface area (Å²) in [6.45, 7) is 2.75. The van der Waals surface area contributed by atoms with Crippen molar-refractivity contribution in [3.63, 3.8) is 0 Å². The van der Waals surface area contributed by atoms with E-state index < -0.39 is 0 Å². The number of carbonyl (C=O) groups is 1. The normalized spacial score (nSPS) is 40.5. The fourth-order valence-electron chi connectivity index (χ4n) is 2.97. The van der Waals surface area contributed by atoms with Crippen molar-refractivity contribution < 1.29 is 9.53 Å². The first-order chi connectivity index (χ1) is 6.14. The third-order valence-electron chi connectivity index (χ3n) is 3.32. The molecule has 0 heterocycles. The maximum atomic E-state index is 11.2. The van der Waals surface area contributed by atoms with Crippen LogP contribution in [0.2, 0.25) is 0 Å². The summed E-state index contributed by atoms with van der Waals surface area (Å²) in [5.74, 6) is 0.186. The summed E-state index contributed by atoms with van der Waals surface area (Å²) in [6, 6.07) is 0. The van der Waals surface area contributed by atoms with E-state index in [-0.39, 0.29) is 11.4 Å². The lowest BCUT2D eigenvalue weighted by atomic mass is 9.39. The Bertz CT molecular complexity index is 217. The van der Waals surface area contributed by atoms with E-state index in [0.717, 1.165) is 25.9 Å². The number of amides is 1. The van der Waals surface area contributed by atoms with Gasteiger partial charge in [0, 0.05) is 24.5 Å². The quantitative estimate of drug-likeness (QED) is 0.708. The molecule has 0 aromatic heterocycles. The van der Waals surface area contributed by atoms with Gasteiger partial charge in [0.1, 0.15) is 0 Å². The summed E-state index contributed by atoms with van der Waals surface area (Å²) < 4.78 is 5.15. The number of hydrogen-bond donors (Lipinski definition) is 1. The number of rotatable bonds is 4. The van der Waals surface area contributed by atoms with Gasteiger partial charge in [0.25, 0.3) is 0 Å². The van der Waals surface area contributed by atoms with Crippen molar-refractivity contribution in [1.29, 1.82) is 0 Å². The Hall–Kier alpha value is -0.570. The molecule has 3 saturated carbocycles. The molecule has 0 aromatic rings.